The Labute approximate surface area is 210 Å². The van der Waals surface area contributed by atoms with Crippen LogP contribution in [0.15, 0.2) is 83.6 Å². The molecule has 2 heterocycles. The van der Waals surface area contributed by atoms with E-state index in [1.165, 1.54) is 0 Å². The molecule has 0 unspecified atom stereocenters. The summed E-state index contributed by atoms with van der Waals surface area (Å²) < 4.78 is 11.0. The van der Waals surface area contributed by atoms with Gasteiger partial charge < -0.3 is 9.26 Å². The van der Waals surface area contributed by atoms with Crippen molar-refractivity contribution in [3.05, 3.63) is 96.0 Å². The number of ether oxygens (including phenoxy) is 1. The van der Waals surface area contributed by atoms with Crippen LogP contribution < -0.4 is 0 Å². The monoisotopic (exact) mass is 483 g/mol. The van der Waals surface area contributed by atoms with Crippen molar-refractivity contribution >= 4 is 12.0 Å². The SMILES string of the molecule is Cc1onc(-c2ccccc2)c1-c1ccc(C(=O)N(CCc2ccncc2)C(=O)OC(C)(C)C)cc1. The highest BCUT2D eigenvalue weighted by Gasteiger charge is 2.28. The van der Waals surface area contributed by atoms with Gasteiger partial charge in [0.05, 0.1) is 5.56 Å². The second-order valence-electron chi connectivity index (χ2n) is 9.45. The number of aromatic nitrogens is 2. The number of hydrogen-bond donors (Lipinski definition) is 0. The molecule has 0 aliphatic rings. The molecule has 4 rings (SSSR count). The summed E-state index contributed by atoms with van der Waals surface area (Å²) in [5.41, 5.74) is 4.03. The summed E-state index contributed by atoms with van der Waals surface area (Å²) in [6.45, 7) is 7.37. The fourth-order valence-electron chi connectivity index (χ4n) is 3.82. The molecule has 7 nitrogen and oxygen atoms in total. The van der Waals surface area contributed by atoms with Crippen LogP contribution in [0.3, 0.4) is 0 Å². The molecule has 184 valence electrons. The van der Waals surface area contributed by atoms with Crippen LogP contribution in [0.2, 0.25) is 0 Å². The van der Waals surface area contributed by atoms with Crippen molar-refractivity contribution in [2.24, 2.45) is 0 Å². The largest absolute Gasteiger partial charge is 0.443 e. The molecule has 2 aromatic carbocycles. The smallest absolute Gasteiger partial charge is 0.417 e. The van der Waals surface area contributed by atoms with Crippen LogP contribution in [0.1, 0.15) is 42.5 Å². The molecule has 0 N–H and O–H groups in total. The summed E-state index contributed by atoms with van der Waals surface area (Å²) >= 11 is 0. The number of imide groups is 1. The number of amides is 2. The molecular formula is C29H29N3O4. The quantitative estimate of drug-likeness (QED) is 0.318. The molecule has 2 aromatic heterocycles. The standard InChI is InChI=1S/C29H29N3O4/c1-20-25(26(31-36-20)23-8-6-5-7-9-23)22-10-12-24(13-11-22)27(33)32(28(34)35-29(2,3)4)19-16-21-14-17-30-18-15-21/h5-15,17-18H,16,19H2,1-4H3. The van der Waals surface area contributed by atoms with E-state index in [1.54, 1.807) is 45.3 Å². The van der Waals surface area contributed by atoms with Crippen LogP contribution in [0.5, 0.6) is 0 Å². The molecule has 0 radical (unpaired) electrons. The number of nitrogens with zero attached hydrogens (tertiary/aromatic N) is 3. The summed E-state index contributed by atoms with van der Waals surface area (Å²) in [5.74, 6) is 0.260. The molecular weight excluding hydrogens is 454 g/mol. The maximum absolute atomic E-state index is 13.4. The Hall–Kier alpha value is -4.26. The molecule has 0 fully saturated rings. The lowest BCUT2D eigenvalue weighted by molar-refractivity contribution is 0.0243. The highest BCUT2D eigenvalue weighted by Crippen LogP contribution is 2.34. The first-order valence-corrected chi connectivity index (χ1v) is 11.8. The van der Waals surface area contributed by atoms with Gasteiger partial charge in [0.2, 0.25) is 0 Å². The van der Waals surface area contributed by atoms with E-state index in [2.05, 4.69) is 10.1 Å². The van der Waals surface area contributed by atoms with Gasteiger partial charge in [-0.05, 0) is 69.5 Å². The van der Waals surface area contributed by atoms with Crippen molar-refractivity contribution < 1.29 is 18.8 Å². The Morgan fingerprint density at radius 1 is 0.917 bits per heavy atom. The van der Waals surface area contributed by atoms with Gasteiger partial charge in [-0.25, -0.2) is 9.69 Å². The highest BCUT2D eigenvalue weighted by molar-refractivity contribution is 6.03. The molecule has 4 aromatic rings. The third-order valence-electron chi connectivity index (χ3n) is 5.56. The maximum atomic E-state index is 13.4. The molecule has 0 spiro atoms. The highest BCUT2D eigenvalue weighted by atomic mass is 16.6. The van der Waals surface area contributed by atoms with Gasteiger partial charge in [0.15, 0.2) is 0 Å². The minimum atomic E-state index is -0.726. The molecule has 0 bridgehead atoms. The number of pyridine rings is 1. The van der Waals surface area contributed by atoms with Crippen LogP contribution in [0.4, 0.5) is 4.79 Å². The van der Waals surface area contributed by atoms with Gasteiger partial charge in [0, 0.05) is 30.1 Å². The Bertz CT molecular complexity index is 1320. The Morgan fingerprint density at radius 3 is 2.22 bits per heavy atom. The van der Waals surface area contributed by atoms with Crippen molar-refractivity contribution in [2.45, 2.75) is 39.7 Å². The normalized spacial score (nSPS) is 11.2. The van der Waals surface area contributed by atoms with E-state index in [0.29, 0.717) is 17.7 Å². The van der Waals surface area contributed by atoms with E-state index in [1.807, 2.05) is 61.5 Å². The molecule has 0 aliphatic carbocycles. The van der Waals surface area contributed by atoms with Crippen LogP contribution in [0.25, 0.3) is 22.4 Å². The Morgan fingerprint density at radius 2 is 1.58 bits per heavy atom. The van der Waals surface area contributed by atoms with Gasteiger partial charge in [0.25, 0.3) is 5.91 Å². The lowest BCUT2D eigenvalue weighted by Gasteiger charge is -2.26. The van der Waals surface area contributed by atoms with Crippen molar-refractivity contribution in [1.82, 2.24) is 15.0 Å². The molecule has 7 heteroatoms. The number of carbonyl (C=O) groups excluding carboxylic acids is 2. The van der Waals surface area contributed by atoms with Crippen LogP contribution in [-0.2, 0) is 11.2 Å². The number of hydrogen-bond acceptors (Lipinski definition) is 6. The summed E-state index contributed by atoms with van der Waals surface area (Å²) in [5, 5.41) is 4.24. The summed E-state index contributed by atoms with van der Waals surface area (Å²) in [7, 11) is 0. The molecule has 2 amide bonds. The minimum absolute atomic E-state index is 0.183. The second kappa shape index (κ2) is 10.6. The van der Waals surface area contributed by atoms with Gasteiger partial charge in [0.1, 0.15) is 17.1 Å². The lowest BCUT2D eigenvalue weighted by Crippen LogP contribution is -2.42. The molecule has 36 heavy (non-hydrogen) atoms. The number of carbonyl (C=O) groups is 2. The molecule has 0 saturated heterocycles. The van der Waals surface area contributed by atoms with E-state index in [4.69, 9.17) is 9.26 Å². The van der Waals surface area contributed by atoms with Crippen molar-refractivity contribution in [3.63, 3.8) is 0 Å². The van der Waals surface area contributed by atoms with E-state index in [-0.39, 0.29) is 6.54 Å². The Kier molecular flexibility index (Phi) is 7.29. The number of aryl methyl sites for hydroxylation is 1. The van der Waals surface area contributed by atoms with Crippen molar-refractivity contribution in [1.29, 1.82) is 0 Å². The summed E-state index contributed by atoms with van der Waals surface area (Å²) in [4.78, 5) is 31.5. The van der Waals surface area contributed by atoms with Gasteiger partial charge in [-0.3, -0.25) is 9.78 Å². The van der Waals surface area contributed by atoms with Crippen molar-refractivity contribution in [2.75, 3.05) is 6.54 Å². The third kappa shape index (κ3) is 5.86. The van der Waals surface area contributed by atoms with Gasteiger partial charge >= 0.3 is 6.09 Å². The zero-order chi connectivity index (χ0) is 25.7. The second-order valence-corrected chi connectivity index (χ2v) is 9.45. The minimum Gasteiger partial charge on any atom is -0.443 e. The first-order chi connectivity index (χ1) is 17.2. The first-order valence-electron chi connectivity index (χ1n) is 11.8. The number of benzene rings is 2. The average Bonchev–Trinajstić information content (AvgIpc) is 3.25. The van der Waals surface area contributed by atoms with Crippen LogP contribution in [-0.4, -0.2) is 39.2 Å². The maximum Gasteiger partial charge on any atom is 0.417 e. The average molecular weight is 484 g/mol. The van der Waals surface area contributed by atoms with Gasteiger partial charge in [-0.1, -0.05) is 47.6 Å². The van der Waals surface area contributed by atoms with Crippen LogP contribution in [0, 0.1) is 6.92 Å². The molecule has 0 atom stereocenters. The van der Waals surface area contributed by atoms with Gasteiger partial charge in [-0.15, -0.1) is 0 Å². The van der Waals surface area contributed by atoms with E-state index < -0.39 is 17.6 Å². The zero-order valence-corrected chi connectivity index (χ0v) is 20.9. The topological polar surface area (TPSA) is 85.5 Å². The first kappa shape index (κ1) is 24.9. The zero-order valence-electron chi connectivity index (χ0n) is 20.9. The third-order valence-corrected chi connectivity index (χ3v) is 5.56. The van der Waals surface area contributed by atoms with Crippen LogP contribution >= 0.6 is 0 Å². The lowest BCUT2D eigenvalue weighted by atomic mass is 9.98. The molecule has 0 aliphatic heterocycles. The predicted molar refractivity (Wildman–Crippen MR) is 137 cm³/mol. The van der Waals surface area contributed by atoms with E-state index >= 15 is 0 Å². The predicted octanol–water partition coefficient (Wildman–Crippen LogP) is 6.33. The summed E-state index contributed by atoms with van der Waals surface area (Å²) in [6.07, 6.45) is 3.19. The molecule has 0 saturated carbocycles. The fourth-order valence-corrected chi connectivity index (χ4v) is 3.82. The fraction of sp³-hybridized carbons (Fsp3) is 0.241. The van der Waals surface area contributed by atoms with E-state index in [0.717, 1.165) is 32.8 Å². The Balaban J connectivity index is 1.60. The number of rotatable bonds is 6. The van der Waals surface area contributed by atoms with Crippen molar-refractivity contribution in [3.8, 4) is 22.4 Å². The van der Waals surface area contributed by atoms with E-state index in [9.17, 15) is 9.59 Å². The van der Waals surface area contributed by atoms with Gasteiger partial charge in [-0.2, -0.15) is 0 Å². The summed E-state index contributed by atoms with van der Waals surface area (Å²) in [6, 6.07) is 20.6.